The van der Waals surface area contributed by atoms with Gasteiger partial charge in [-0.05, 0) is 23.4 Å². The number of carbonyl (C=O) groups excluding carboxylic acids is 1. The first-order valence-corrected chi connectivity index (χ1v) is 7.46. The fourth-order valence-electron chi connectivity index (χ4n) is 1.73. The summed E-state index contributed by atoms with van der Waals surface area (Å²) in [6.07, 6.45) is 3.84. The van der Waals surface area contributed by atoms with Crippen LogP contribution in [0.15, 0.2) is 11.4 Å². The van der Waals surface area contributed by atoms with Crippen LogP contribution in [-0.2, 0) is 11.3 Å². The van der Waals surface area contributed by atoms with Gasteiger partial charge in [0.1, 0.15) is 6.61 Å². The van der Waals surface area contributed by atoms with E-state index in [2.05, 4.69) is 18.8 Å². The second-order valence-corrected chi connectivity index (χ2v) is 5.40. The van der Waals surface area contributed by atoms with Crippen molar-refractivity contribution in [2.45, 2.75) is 39.2 Å². The minimum absolute atomic E-state index is 0.122. The first kappa shape index (κ1) is 15.7. The normalized spacial score (nSPS) is 9.84. The van der Waals surface area contributed by atoms with Crippen molar-refractivity contribution in [1.29, 1.82) is 0 Å². The molecule has 1 aromatic rings. The topological polar surface area (TPSA) is 40.5 Å². The fraction of sp³-hybridized carbons (Fsp3) is 0.533. The zero-order chi connectivity index (χ0) is 14.1. The monoisotopic (exact) mass is 279 g/mol. The molecule has 3 nitrogen and oxygen atoms in total. The van der Waals surface area contributed by atoms with E-state index in [0.29, 0.717) is 13.0 Å². The van der Waals surface area contributed by atoms with Gasteiger partial charge in [0.2, 0.25) is 5.91 Å². The molecule has 0 atom stereocenters. The van der Waals surface area contributed by atoms with Crippen LogP contribution in [0.25, 0.3) is 0 Å². The van der Waals surface area contributed by atoms with E-state index < -0.39 is 0 Å². The Balaban J connectivity index is 2.45. The lowest BCUT2D eigenvalue weighted by Crippen LogP contribution is -2.25. The van der Waals surface area contributed by atoms with Crippen LogP contribution >= 0.6 is 11.3 Å². The number of nitrogens with zero attached hydrogens (tertiary/aromatic N) is 1. The number of hydrogen-bond donors (Lipinski definition) is 1. The summed E-state index contributed by atoms with van der Waals surface area (Å²) >= 11 is 1.54. The molecule has 0 fully saturated rings. The first-order valence-electron chi connectivity index (χ1n) is 6.58. The minimum atomic E-state index is -0.122. The number of amides is 1. The maximum Gasteiger partial charge on any atom is 0.222 e. The Morgan fingerprint density at radius 2 is 2.26 bits per heavy atom. The van der Waals surface area contributed by atoms with Crippen molar-refractivity contribution >= 4 is 17.2 Å². The lowest BCUT2D eigenvalue weighted by atomic mass is 10.2. The molecule has 0 spiro atoms. The smallest absolute Gasteiger partial charge is 0.222 e. The van der Waals surface area contributed by atoms with Crippen LogP contribution in [0.5, 0.6) is 0 Å². The predicted octanol–water partition coefficient (Wildman–Crippen LogP) is 2.63. The first-order chi connectivity index (χ1) is 9.17. The highest BCUT2D eigenvalue weighted by Gasteiger charge is 2.09. The molecule has 1 rings (SSSR count). The number of thiophene rings is 1. The van der Waals surface area contributed by atoms with E-state index in [1.54, 1.807) is 16.2 Å². The van der Waals surface area contributed by atoms with Crippen molar-refractivity contribution in [3.8, 4) is 11.8 Å². The summed E-state index contributed by atoms with van der Waals surface area (Å²) in [7, 11) is 1.84. The third kappa shape index (κ3) is 5.91. The molecule has 0 aliphatic carbocycles. The zero-order valence-corrected chi connectivity index (χ0v) is 12.4. The second-order valence-electron chi connectivity index (χ2n) is 4.49. The Hall–Kier alpha value is -1.31. The van der Waals surface area contributed by atoms with Gasteiger partial charge in [0.25, 0.3) is 0 Å². The molecule has 4 heteroatoms. The highest BCUT2D eigenvalue weighted by Crippen LogP contribution is 2.15. The van der Waals surface area contributed by atoms with E-state index in [0.717, 1.165) is 29.7 Å². The summed E-state index contributed by atoms with van der Waals surface area (Å²) in [5.74, 6) is 5.69. The molecule has 1 aromatic heterocycles. The summed E-state index contributed by atoms with van der Waals surface area (Å²) < 4.78 is 0. The van der Waals surface area contributed by atoms with Crippen LogP contribution in [0.4, 0.5) is 0 Å². The molecule has 0 aromatic carbocycles. The van der Waals surface area contributed by atoms with Crippen molar-refractivity contribution < 1.29 is 9.90 Å². The van der Waals surface area contributed by atoms with Gasteiger partial charge in [-0.2, -0.15) is 0 Å². The number of hydrogen-bond acceptors (Lipinski definition) is 3. The van der Waals surface area contributed by atoms with Crippen molar-refractivity contribution in [3.63, 3.8) is 0 Å². The summed E-state index contributed by atoms with van der Waals surface area (Å²) in [5.41, 5.74) is 1.10. The van der Waals surface area contributed by atoms with Crippen molar-refractivity contribution in [3.05, 3.63) is 21.9 Å². The largest absolute Gasteiger partial charge is 0.384 e. The van der Waals surface area contributed by atoms with Gasteiger partial charge in [0.15, 0.2) is 0 Å². The Morgan fingerprint density at radius 3 is 2.95 bits per heavy atom. The predicted molar refractivity (Wildman–Crippen MR) is 78.9 cm³/mol. The molecule has 19 heavy (non-hydrogen) atoms. The van der Waals surface area contributed by atoms with E-state index in [1.807, 2.05) is 18.5 Å². The Bertz CT molecular complexity index is 456. The lowest BCUT2D eigenvalue weighted by Gasteiger charge is -2.16. The molecule has 0 saturated carbocycles. The number of unbranched alkanes of at least 4 members (excludes halogenated alkanes) is 2. The van der Waals surface area contributed by atoms with Crippen LogP contribution in [0.2, 0.25) is 0 Å². The third-order valence-corrected chi connectivity index (χ3v) is 3.68. The Kier molecular flexibility index (Phi) is 7.24. The number of rotatable bonds is 6. The molecule has 0 unspecified atom stereocenters. The van der Waals surface area contributed by atoms with E-state index in [4.69, 9.17) is 5.11 Å². The van der Waals surface area contributed by atoms with Crippen LogP contribution in [0, 0.1) is 11.8 Å². The van der Waals surface area contributed by atoms with E-state index in [9.17, 15) is 4.79 Å². The van der Waals surface area contributed by atoms with E-state index >= 15 is 0 Å². The molecule has 0 bridgehead atoms. The average Bonchev–Trinajstić information content (AvgIpc) is 2.84. The van der Waals surface area contributed by atoms with Crippen molar-refractivity contribution in [2.24, 2.45) is 0 Å². The van der Waals surface area contributed by atoms with Crippen LogP contribution in [0.1, 0.15) is 43.0 Å². The Labute approximate surface area is 119 Å². The number of aliphatic hydroxyl groups is 1. The van der Waals surface area contributed by atoms with Gasteiger partial charge in [0, 0.05) is 20.0 Å². The maximum atomic E-state index is 11.9. The van der Waals surface area contributed by atoms with Crippen LogP contribution < -0.4 is 0 Å². The lowest BCUT2D eigenvalue weighted by molar-refractivity contribution is -0.130. The standard InChI is InChI=1S/C15H21NO2S/c1-3-4-5-8-15(18)16(2)11-13-10-14(19-12-13)7-6-9-17/h10,12,17H,3-5,8-9,11H2,1-2H3. The van der Waals surface area contributed by atoms with Gasteiger partial charge in [-0.3, -0.25) is 4.79 Å². The summed E-state index contributed by atoms with van der Waals surface area (Å²) in [5, 5.41) is 10.6. The van der Waals surface area contributed by atoms with E-state index in [-0.39, 0.29) is 12.5 Å². The molecule has 1 amide bonds. The maximum absolute atomic E-state index is 11.9. The van der Waals surface area contributed by atoms with Crippen LogP contribution in [0.3, 0.4) is 0 Å². The van der Waals surface area contributed by atoms with Gasteiger partial charge in [-0.15, -0.1) is 11.3 Å². The molecular formula is C15H21NO2S. The molecule has 104 valence electrons. The highest BCUT2D eigenvalue weighted by atomic mass is 32.1. The van der Waals surface area contributed by atoms with E-state index in [1.165, 1.54) is 0 Å². The highest BCUT2D eigenvalue weighted by molar-refractivity contribution is 7.10. The molecule has 0 radical (unpaired) electrons. The SMILES string of the molecule is CCCCCC(=O)N(C)Cc1csc(C#CCO)c1. The third-order valence-electron chi connectivity index (χ3n) is 2.78. The summed E-state index contributed by atoms with van der Waals surface area (Å²) in [6.45, 7) is 2.64. The summed E-state index contributed by atoms with van der Waals surface area (Å²) in [6, 6.07) is 1.98. The van der Waals surface area contributed by atoms with Gasteiger partial charge < -0.3 is 10.0 Å². The molecule has 0 aliphatic heterocycles. The number of carbonyl (C=O) groups is 1. The van der Waals surface area contributed by atoms with Gasteiger partial charge in [-0.25, -0.2) is 0 Å². The van der Waals surface area contributed by atoms with Crippen LogP contribution in [-0.4, -0.2) is 29.6 Å². The molecule has 0 aliphatic rings. The quantitative estimate of drug-likeness (QED) is 0.642. The second kappa shape index (κ2) is 8.73. The Morgan fingerprint density at radius 1 is 1.47 bits per heavy atom. The number of aliphatic hydroxyl groups excluding tert-OH is 1. The van der Waals surface area contributed by atoms with Crippen molar-refractivity contribution in [1.82, 2.24) is 4.90 Å². The molecule has 0 saturated heterocycles. The van der Waals surface area contributed by atoms with Crippen molar-refractivity contribution in [2.75, 3.05) is 13.7 Å². The zero-order valence-electron chi connectivity index (χ0n) is 11.6. The molecule has 1 N–H and O–H groups in total. The van der Waals surface area contributed by atoms with Gasteiger partial charge in [-0.1, -0.05) is 31.6 Å². The molecule has 1 heterocycles. The summed E-state index contributed by atoms with van der Waals surface area (Å²) in [4.78, 5) is 14.6. The minimum Gasteiger partial charge on any atom is -0.384 e. The molecular weight excluding hydrogens is 258 g/mol. The van der Waals surface area contributed by atoms with Gasteiger partial charge in [0.05, 0.1) is 4.88 Å². The van der Waals surface area contributed by atoms with Gasteiger partial charge >= 0.3 is 0 Å². The fourth-order valence-corrected chi connectivity index (χ4v) is 2.50. The average molecular weight is 279 g/mol.